The lowest BCUT2D eigenvalue weighted by atomic mass is 10.2. The number of ether oxygens (including phenoxy) is 2. The number of H-pyrrole nitrogens is 1. The van der Waals surface area contributed by atoms with E-state index < -0.39 is 5.91 Å². The van der Waals surface area contributed by atoms with Gasteiger partial charge in [-0.1, -0.05) is 0 Å². The minimum absolute atomic E-state index is 0.158. The molecule has 1 amide bonds. The van der Waals surface area contributed by atoms with Gasteiger partial charge in [0.25, 0.3) is 5.91 Å². The van der Waals surface area contributed by atoms with E-state index in [1.807, 2.05) is 30.8 Å². The molecule has 0 radical (unpaired) electrons. The molecule has 116 valence electrons. The van der Waals surface area contributed by atoms with Crippen molar-refractivity contribution >= 4 is 22.5 Å². The molecule has 0 atom stereocenters. The highest BCUT2D eigenvalue weighted by atomic mass is 16.5. The smallest absolute Gasteiger partial charge is 0.255 e. The topological polar surface area (TPSA) is 108 Å². The molecule has 0 aromatic heterocycles. The monoisotopic (exact) mass is 302 g/mol. The number of nitrogen functional groups attached to an aromatic ring is 1. The molecule has 0 bridgehead atoms. The van der Waals surface area contributed by atoms with E-state index in [-0.39, 0.29) is 6.61 Å². The zero-order valence-electron chi connectivity index (χ0n) is 12.5. The molecule has 7 heteroatoms. The fourth-order valence-electron chi connectivity index (χ4n) is 2.72. The Kier molecular flexibility index (Phi) is 3.32. The summed E-state index contributed by atoms with van der Waals surface area (Å²) < 4.78 is 13.0. The van der Waals surface area contributed by atoms with Crippen LogP contribution in [0.2, 0.25) is 0 Å². The second-order valence-electron chi connectivity index (χ2n) is 5.03. The van der Waals surface area contributed by atoms with Crippen molar-refractivity contribution < 1.29 is 14.3 Å². The first-order valence-electron chi connectivity index (χ1n) is 6.96. The van der Waals surface area contributed by atoms with Crippen molar-refractivity contribution in [3.05, 3.63) is 18.2 Å². The SMILES string of the molecule is CCOc1c2c(N)[nH]n(C)c-2c2cc(OCC(N)=O)ccc12. The lowest BCUT2D eigenvalue weighted by Crippen LogP contribution is -2.19. The minimum Gasteiger partial charge on any atom is -0.492 e. The molecule has 3 rings (SSSR count). The number of fused-ring (bicyclic) bond motifs is 3. The summed E-state index contributed by atoms with van der Waals surface area (Å²) in [5.74, 6) is 1.36. The Hall–Kier alpha value is -2.83. The van der Waals surface area contributed by atoms with Gasteiger partial charge in [-0.05, 0) is 25.1 Å². The highest BCUT2D eigenvalue weighted by Gasteiger charge is 2.26. The maximum absolute atomic E-state index is 10.8. The van der Waals surface area contributed by atoms with E-state index in [0.717, 1.165) is 27.8 Å². The third kappa shape index (κ3) is 2.11. The van der Waals surface area contributed by atoms with Crippen molar-refractivity contribution in [3.8, 4) is 22.8 Å². The lowest BCUT2D eigenvalue weighted by molar-refractivity contribution is -0.119. The highest BCUT2D eigenvalue weighted by molar-refractivity contribution is 6.10. The molecular weight excluding hydrogens is 284 g/mol. The standard InChI is InChI=1S/C15H18N4O3/c1-3-21-14-9-5-4-8(22-7-11(16)20)6-10(9)13-12(14)15(17)18-19(13)2/h4-6,18H,3,7,17H2,1-2H3,(H2,16,20). The average molecular weight is 302 g/mol. The Bertz CT molecular complexity index is 818. The number of hydrogen-bond donors (Lipinski definition) is 3. The van der Waals surface area contributed by atoms with Crippen LogP contribution in [0, 0.1) is 0 Å². The molecule has 22 heavy (non-hydrogen) atoms. The number of rotatable bonds is 5. The van der Waals surface area contributed by atoms with E-state index in [1.165, 1.54) is 0 Å². The molecular formula is C15H18N4O3. The molecule has 1 aliphatic heterocycles. The predicted octanol–water partition coefficient (Wildman–Crippen LogP) is 1.46. The van der Waals surface area contributed by atoms with Gasteiger partial charge in [0, 0.05) is 17.8 Å². The Morgan fingerprint density at radius 3 is 2.77 bits per heavy atom. The van der Waals surface area contributed by atoms with E-state index in [0.29, 0.717) is 18.2 Å². The molecule has 1 heterocycles. The third-order valence-electron chi connectivity index (χ3n) is 3.52. The molecule has 0 saturated carbocycles. The number of benzene rings is 1. The van der Waals surface area contributed by atoms with Crippen LogP contribution in [0.4, 0.5) is 5.82 Å². The number of carbonyl (C=O) groups is 1. The minimum atomic E-state index is -0.515. The normalized spacial score (nSPS) is 11.2. The van der Waals surface area contributed by atoms with Crippen LogP contribution in [-0.2, 0) is 11.8 Å². The van der Waals surface area contributed by atoms with Crippen LogP contribution < -0.4 is 20.9 Å². The van der Waals surface area contributed by atoms with Crippen molar-refractivity contribution in [2.45, 2.75) is 6.92 Å². The number of aromatic amines is 1. The number of amides is 1. The zero-order chi connectivity index (χ0) is 15.9. The van der Waals surface area contributed by atoms with Crippen molar-refractivity contribution in [2.75, 3.05) is 18.9 Å². The third-order valence-corrected chi connectivity index (χ3v) is 3.52. The zero-order valence-corrected chi connectivity index (χ0v) is 12.5. The number of hydrogen-bond acceptors (Lipinski definition) is 4. The number of carbonyl (C=O) groups excluding carboxylic acids is 1. The van der Waals surface area contributed by atoms with Crippen LogP contribution >= 0.6 is 0 Å². The number of nitrogens with one attached hydrogen (secondary N) is 1. The Morgan fingerprint density at radius 1 is 1.32 bits per heavy atom. The highest BCUT2D eigenvalue weighted by Crippen LogP contribution is 2.48. The molecule has 0 saturated heterocycles. The summed E-state index contributed by atoms with van der Waals surface area (Å²) in [6, 6.07) is 5.54. The molecule has 1 aliphatic carbocycles. The van der Waals surface area contributed by atoms with Crippen molar-refractivity contribution in [3.63, 3.8) is 0 Å². The molecule has 0 fully saturated rings. The van der Waals surface area contributed by atoms with Crippen LogP contribution in [0.25, 0.3) is 22.0 Å². The van der Waals surface area contributed by atoms with Crippen molar-refractivity contribution in [2.24, 2.45) is 12.8 Å². The first-order chi connectivity index (χ1) is 10.5. The number of aryl methyl sites for hydroxylation is 1. The molecule has 7 nitrogen and oxygen atoms in total. The molecule has 0 unspecified atom stereocenters. The van der Waals surface area contributed by atoms with Crippen LogP contribution in [0.1, 0.15) is 6.92 Å². The van der Waals surface area contributed by atoms with Gasteiger partial charge >= 0.3 is 0 Å². The van der Waals surface area contributed by atoms with Gasteiger partial charge in [0.05, 0.1) is 17.9 Å². The fraction of sp³-hybridized carbons (Fsp3) is 0.267. The van der Waals surface area contributed by atoms with Crippen molar-refractivity contribution in [1.29, 1.82) is 0 Å². The van der Waals surface area contributed by atoms with Gasteiger partial charge in [0.15, 0.2) is 6.61 Å². The number of aromatic nitrogens is 2. The molecule has 1 aromatic carbocycles. The average Bonchev–Trinajstić information content (AvgIpc) is 2.94. The van der Waals surface area contributed by atoms with Gasteiger partial charge in [-0.3, -0.25) is 14.6 Å². The second-order valence-corrected chi connectivity index (χ2v) is 5.03. The number of nitrogens with zero attached hydrogens (tertiary/aromatic N) is 1. The summed E-state index contributed by atoms with van der Waals surface area (Å²) in [5.41, 5.74) is 12.9. The largest absolute Gasteiger partial charge is 0.492 e. The summed E-state index contributed by atoms with van der Waals surface area (Å²) in [5, 5.41) is 4.95. The summed E-state index contributed by atoms with van der Waals surface area (Å²) in [6.07, 6.45) is 0. The first-order valence-corrected chi connectivity index (χ1v) is 6.96. The molecule has 1 aromatic rings. The Morgan fingerprint density at radius 2 is 2.09 bits per heavy atom. The van der Waals surface area contributed by atoms with Gasteiger partial charge in [0.1, 0.15) is 17.3 Å². The van der Waals surface area contributed by atoms with Crippen molar-refractivity contribution in [1.82, 2.24) is 9.78 Å². The van der Waals surface area contributed by atoms with Gasteiger partial charge in [-0.25, -0.2) is 0 Å². The van der Waals surface area contributed by atoms with Gasteiger partial charge < -0.3 is 20.9 Å². The Balaban J connectivity index is 2.18. The van der Waals surface area contributed by atoms with Crippen LogP contribution in [0.3, 0.4) is 0 Å². The quantitative estimate of drug-likeness (QED) is 0.663. The molecule has 2 aliphatic rings. The van der Waals surface area contributed by atoms with Crippen LogP contribution in [-0.4, -0.2) is 28.9 Å². The maximum Gasteiger partial charge on any atom is 0.255 e. The van der Waals surface area contributed by atoms with E-state index in [4.69, 9.17) is 20.9 Å². The van der Waals surface area contributed by atoms with E-state index in [1.54, 1.807) is 6.07 Å². The van der Waals surface area contributed by atoms with E-state index in [9.17, 15) is 4.79 Å². The molecule has 0 spiro atoms. The van der Waals surface area contributed by atoms with E-state index >= 15 is 0 Å². The fourth-order valence-corrected chi connectivity index (χ4v) is 2.72. The summed E-state index contributed by atoms with van der Waals surface area (Å²) in [7, 11) is 1.88. The lowest BCUT2D eigenvalue weighted by Gasteiger charge is -2.05. The van der Waals surface area contributed by atoms with Crippen LogP contribution in [0.5, 0.6) is 11.5 Å². The van der Waals surface area contributed by atoms with Crippen LogP contribution in [0.15, 0.2) is 18.2 Å². The number of primary amides is 1. The second kappa shape index (κ2) is 5.18. The van der Waals surface area contributed by atoms with E-state index in [2.05, 4.69) is 5.10 Å². The maximum atomic E-state index is 10.8. The summed E-state index contributed by atoms with van der Waals surface area (Å²) in [4.78, 5) is 10.8. The molecule has 5 N–H and O–H groups in total. The summed E-state index contributed by atoms with van der Waals surface area (Å²) in [6.45, 7) is 2.31. The van der Waals surface area contributed by atoms with Gasteiger partial charge in [-0.15, -0.1) is 0 Å². The number of nitrogens with two attached hydrogens (primary N) is 2. The predicted molar refractivity (Wildman–Crippen MR) is 84.2 cm³/mol. The Labute approximate surface area is 127 Å². The summed E-state index contributed by atoms with van der Waals surface area (Å²) >= 11 is 0. The van der Waals surface area contributed by atoms with Gasteiger partial charge in [-0.2, -0.15) is 0 Å². The number of anilines is 1. The first kappa shape index (κ1) is 14.1. The van der Waals surface area contributed by atoms with Gasteiger partial charge in [0.2, 0.25) is 0 Å².